The molecule has 38 heavy (non-hydrogen) atoms. The maximum Gasteiger partial charge on any atom is 0.328 e. The number of aromatic nitrogens is 2. The zero-order chi connectivity index (χ0) is 27.2. The number of anilines is 2. The highest BCUT2D eigenvalue weighted by Gasteiger charge is 2.31. The van der Waals surface area contributed by atoms with E-state index in [2.05, 4.69) is 22.4 Å². The lowest BCUT2D eigenvalue weighted by Crippen LogP contribution is -2.40. The average Bonchev–Trinajstić information content (AvgIpc) is 3.24. The number of nitrogens with one attached hydrogen (secondary N) is 1. The second kappa shape index (κ2) is 12.3. The van der Waals surface area contributed by atoms with Crippen LogP contribution in [-0.4, -0.2) is 60.7 Å². The van der Waals surface area contributed by atoms with E-state index in [4.69, 9.17) is 14.5 Å². The molecule has 10 nitrogen and oxygen atoms in total. The minimum absolute atomic E-state index is 0.0411. The van der Waals surface area contributed by atoms with Crippen molar-refractivity contribution in [2.75, 3.05) is 44.1 Å². The minimum atomic E-state index is -0.328. The standard InChI is InChI=1S/C28H36N6O4/c1-18-9-11-33(27(18)35)17-22-13-21-7-5-10-34(26(21)32-25(22)19(2)38-4)28(36)31-24-14-20(8-6-12-37-3)23(15-29)16-30-24/h13-14,16,18-19H,5-12,17H2,1-4H3,(H,30,31,36)/t18-,19?/m1/s1. The third-order valence-electron chi connectivity index (χ3n) is 7.32. The van der Waals surface area contributed by atoms with E-state index in [0.29, 0.717) is 43.3 Å². The lowest BCUT2D eigenvalue weighted by Gasteiger charge is -2.31. The molecule has 3 amide bonds. The molecule has 0 spiro atoms. The third-order valence-corrected chi connectivity index (χ3v) is 7.32. The van der Waals surface area contributed by atoms with Crippen molar-refractivity contribution in [1.82, 2.24) is 14.9 Å². The summed E-state index contributed by atoms with van der Waals surface area (Å²) in [5, 5.41) is 12.3. The Balaban J connectivity index is 1.59. The van der Waals surface area contributed by atoms with Gasteiger partial charge < -0.3 is 14.4 Å². The molecule has 2 atom stereocenters. The molecule has 1 saturated heterocycles. The number of nitrogens with zero attached hydrogens (tertiary/aromatic N) is 5. The number of hydrogen-bond donors (Lipinski definition) is 1. The molecule has 1 unspecified atom stereocenters. The normalized spacial score (nSPS) is 17.8. The van der Waals surface area contributed by atoms with E-state index in [1.54, 1.807) is 25.2 Å². The molecule has 4 heterocycles. The van der Waals surface area contributed by atoms with Gasteiger partial charge in [-0.25, -0.2) is 14.8 Å². The van der Waals surface area contributed by atoms with Crippen molar-refractivity contribution in [1.29, 1.82) is 5.26 Å². The Labute approximate surface area is 223 Å². The molecule has 202 valence electrons. The van der Waals surface area contributed by atoms with Crippen LogP contribution in [0.5, 0.6) is 0 Å². The number of rotatable bonds is 9. The summed E-state index contributed by atoms with van der Waals surface area (Å²) in [6, 6.07) is 5.67. The van der Waals surface area contributed by atoms with Gasteiger partial charge in [-0.15, -0.1) is 0 Å². The zero-order valence-corrected chi connectivity index (χ0v) is 22.6. The van der Waals surface area contributed by atoms with Gasteiger partial charge in [-0.05, 0) is 67.9 Å². The highest BCUT2D eigenvalue weighted by atomic mass is 16.5. The number of pyridine rings is 2. The highest BCUT2D eigenvalue weighted by molar-refractivity contribution is 6.01. The molecular formula is C28H36N6O4. The van der Waals surface area contributed by atoms with Crippen LogP contribution in [0.4, 0.5) is 16.4 Å². The van der Waals surface area contributed by atoms with Crippen LogP contribution in [0.3, 0.4) is 0 Å². The fourth-order valence-electron chi connectivity index (χ4n) is 5.06. The van der Waals surface area contributed by atoms with Crippen molar-refractivity contribution in [2.24, 2.45) is 5.92 Å². The largest absolute Gasteiger partial charge is 0.385 e. The number of ether oxygens (including phenoxy) is 2. The number of aryl methyl sites for hydroxylation is 2. The summed E-state index contributed by atoms with van der Waals surface area (Å²) in [4.78, 5) is 38.7. The molecule has 10 heteroatoms. The van der Waals surface area contributed by atoms with Crippen LogP contribution in [0.1, 0.15) is 67.2 Å². The van der Waals surface area contributed by atoms with E-state index in [0.717, 1.165) is 54.6 Å². The predicted octanol–water partition coefficient (Wildman–Crippen LogP) is 3.99. The summed E-state index contributed by atoms with van der Waals surface area (Å²) in [5.41, 5.74) is 3.97. The second-order valence-corrected chi connectivity index (χ2v) is 9.96. The van der Waals surface area contributed by atoms with E-state index < -0.39 is 0 Å². The Morgan fingerprint density at radius 1 is 1.29 bits per heavy atom. The van der Waals surface area contributed by atoms with Crippen molar-refractivity contribution in [3.63, 3.8) is 0 Å². The molecule has 1 N–H and O–H groups in total. The summed E-state index contributed by atoms with van der Waals surface area (Å²) in [5.74, 6) is 1.19. The number of amides is 3. The molecule has 0 bridgehead atoms. The molecule has 0 aliphatic carbocycles. The number of hydrogen-bond acceptors (Lipinski definition) is 7. The molecular weight excluding hydrogens is 484 g/mol. The van der Waals surface area contributed by atoms with Gasteiger partial charge in [0.05, 0.1) is 17.4 Å². The number of methoxy groups -OCH3 is 2. The molecule has 4 rings (SSSR count). The van der Waals surface area contributed by atoms with Gasteiger partial charge in [0.15, 0.2) is 0 Å². The fourth-order valence-corrected chi connectivity index (χ4v) is 5.06. The molecule has 2 aromatic rings. The Morgan fingerprint density at radius 2 is 2.11 bits per heavy atom. The van der Waals surface area contributed by atoms with Gasteiger partial charge >= 0.3 is 6.03 Å². The molecule has 2 aromatic heterocycles. The van der Waals surface area contributed by atoms with E-state index in [9.17, 15) is 14.9 Å². The van der Waals surface area contributed by atoms with E-state index in [-0.39, 0.29) is 24.0 Å². The van der Waals surface area contributed by atoms with Gasteiger partial charge in [0.2, 0.25) is 5.91 Å². The lowest BCUT2D eigenvalue weighted by molar-refractivity contribution is -0.131. The Hall–Kier alpha value is -3.55. The SMILES string of the molecule is COCCCc1cc(NC(=O)N2CCCc3cc(CN4CC[C@@H](C)C4=O)c(C(C)OC)nc32)ncc1C#N. The van der Waals surface area contributed by atoms with Crippen molar-refractivity contribution < 1.29 is 19.1 Å². The average molecular weight is 521 g/mol. The second-order valence-electron chi connectivity index (χ2n) is 9.96. The smallest absolute Gasteiger partial charge is 0.328 e. The third kappa shape index (κ3) is 5.95. The lowest BCUT2D eigenvalue weighted by atomic mass is 10.00. The first kappa shape index (κ1) is 27.5. The summed E-state index contributed by atoms with van der Waals surface area (Å²) < 4.78 is 10.7. The first-order valence-electron chi connectivity index (χ1n) is 13.2. The van der Waals surface area contributed by atoms with Crippen LogP contribution in [0, 0.1) is 17.2 Å². The maximum absolute atomic E-state index is 13.4. The van der Waals surface area contributed by atoms with Crippen LogP contribution in [-0.2, 0) is 33.7 Å². The van der Waals surface area contributed by atoms with E-state index in [1.807, 2.05) is 18.7 Å². The van der Waals surface area contributed by atoms with Crippen LogP contribution in [0.2, 0.25) is 0 Å². The first-order valence-corrected chi connectivity index (χ1v) is 13.2. The van der Waals surface area contributed by atoms with Gasteiger partial charge in [0.1, 0.15) is 17.7 Å². The molecule has 1 fully saturated rings. The van der Waals surface area contributed by atoms with Crippen molar-refractivity contribution in [3.05, 3.63) is 46.3 Å². The van der Waals surface area contributed by atoms with Crippen molar-refractivity contribution >= 4 is 23.6 Å². The van der Waals surface area contributed by atoms with Gasteiger partial charge in [-0.2, -0.15) is 5.26 Å². The predicted molar refractivity (Wildman–Crippen MR) is 143 cm³/mol. The summed E-state index contributed by atoms with van der Waals surface area (Å²) >= 11 is 0. The monoisotopic (exact) mass is 520 g/mol. The van der Waals surface area contributed by atoms with E-state index in [1.165, 1.54) is 6.20 Å². The van der Waals surface area contributed by atoms with Crippen LogP contribution < -0.4 is 10.2 Å². The van der Waals surface area contributed by atoms with Crippen molar-refractivity contribution in [3.8, 4) is 6.07 Å². The summed E-state index contributed by atoms with van der Waals surface area (Å²) in [6.07, 6.45) is 5.05. The number of carbonyl (C=O) groups excluding carboxylic acids is 2. The van der Waals surface area contributed by atoms with Gasteiger partial charge in [-0.3, -0.25) is 15.0 Å². The van der Waals surface area contributed by atoms with Crippen LogP contribution in [0.15, 0.2) is 18.3 Å². The molecule has 2 aliphatic heterocycles. The fraction of sp³-hybridized carbons (Fsp3) is 0.536. The summed E-state index contributed by atoms with van der Waals surface area (Å²) in [6.45, 7) is 6.21. The highest BCUT2D eigenvalue weighted by Crippen LogP contribution is 2.32. The van der Waals surface area contributed by atoms with Crippen molar-refractivity contribution in [2.45, 2.75) is 58.6 Å². The zero-order valence-electron chi connectivity index (χ0n) is 22.6. The number of likely N-dealkylation sites (tertiary alicyclic amines) is 1. The Bertz CT molecular complexity index is 1230. The maximum atomic E-state index is 13.4. The molecule has 0 radical (unpaired) electrons. The molecule has 2 aliphatic rings. The van der Waals surface area contributed by atoms with Gasteiger partial charge in [0, 0.05) is 52.6 Å². The Kier molecular flexibility index (Phi) is 8.92. The number of fused-ring (bicyclic) bond motifs is 1. The Morgan fingerprint density at radius 3 is 2.79 bits per heavy atom. The van der Waals surface area contributed by atoms with Gasteiger partial charge in [0.25, 0.3) is 0 Å². The van der Waals surface area contributed by atoms with Crippen LogP contribution >= 0.6 is 0 Å². The topological polar surface area (TPSA) is 121 Å². The minimum Gasteiger partial charge on any atom is -0.385 e. The quantitative estimate of drug-likeness (QED) is 0.496. The summed E-state index contributed by atoms with van der Waals surface area (Å²) in [7, 11) is 3.27. The number of carbonyl (C=O) groups is 2. The first-order chi connectivity index (χ1) is 18.4. The van der Waals surface area contributed by atoms with Gasteiger partial charge in [-0.1, -0.05) is 6.92 Å². The number of nitriles is 1. The molecule has 0 saturated carbocycles. The van der Waals surface area contributed by atoms with E-state index >= 15 is 0 Å². The number of urea groups is 1. The van der Waals surface area contributed by atoms with Crippen LogP contribution in [0.25, 0.3) is 0 Å². The molecule has 0 aromatic carbocycles.